The average molecular weight is 268 g/mol. The summed E-state index contributed by atoms with van der Waals surface area (Å²) in [6.45, 7) is 7.16. The molecule has 0 aliphatic heterocycles. The van der Waals surface area contributed by atoms with Gasteiger partial charge in [-0.25, -0.2) is 0 Å². The number of hydrogen-bond acceptors (Lipinski definition) is 1. The van der Waals surface area contributed by atoms with Gasteiger partial charge in [-0.2, -0.15) is 0 Å². The van der Waals surface area contributed by atoms with Gasteiger partial charge in [-0.05, 0) is 24.5 Å². The molecule has 1 aromatic carbocycles. The quantitative estimate of drug-likeness (QED) is 0.836. The normalized spacial score (nSPS) is 10.5. The maximum absolute atomic E-state index is 3.35. The van der Waals surface area contributed by atoms with Gasteiger partial charge in [0.1, 0.15) is 0 Å². The Kier molecular flexibility index (Phi) is 6.12. The fourth-order valence-electron chi connectivity index (χ4n) is 1.82. The molecule has 2 atom stereocenters. The molecule has 4 heteroatoms. The van der Waals surface area contributed by atoms with Gasteiger partial charge in [0.05, 0.1) is 0 Å². The summed E-state index contributed by atoms with van der Waals surface area (Å²) in [7, 11) is 5.31. The predicted octanol–water partition coefficient (Wildman–Crippen LogP) is 3.93. The number of nitrogens with one attached hydrogen (secondary N) is 1. The highest BCUT2D eigenvalue weighted by Gasteiger charge is 2.04. The average Bonchev–Trinajstić information content (AvgIpc) is 2.74. The molecule has 0 spiro atoms. The first-order valence-electron chi connectivity index (χ1n) is 6.01. The Morgan fingerprint density at radius 1 is 1.24 bits per heavy atom. The molecule has 1 heterocycles. The van der Waals surface area contributed by atoms with Crippen molar-refractivity contribution in [2.24, 2.45) is 0 Å². The minimum atomic E-state index is 1.02. The Morgan fingerprint density at radius 2 is 1.94 bits per heavy atom. The van der Waals surface area contributed by atoms with Gasteiger partial charge in [-0.15, -0.1) is 0 Å². The van der Waals surface area contributed by atoms with E-state index in [-0.39, 0.29) is 0 Å². The van der Waals surface area contributed by atoms with E-state index in [1.54, 1.807) is 0 Å². The van der Waals surface area contributed by atoms with Crippen LogP contribution in [0.3, 0.4) is 0 Å². The zero-order valence-electron chi connectivity index (χ0n) is 10.8. The Balaban J connectivity index is 0.000000686. The zero-order chi connectivity index (χ0) is 12.8. The lowest BCUT2D eigenvalue weighted by molar-refractivity contribution is 0.728. The lowest BCUT2D eigenvalue weighted by Gasteiger charge is -2.07. The SMILES string of the molecule is CC.Cc1cccc2c(CCN(P)P)c[nH]c12. The van der Waals surface area contributed by atoms with Crippen molar-refractivity contribution in [3.05, 3.63) is 35.5 Å². The van der Waals surface area contributed by atoms with E-state index in [9.17, 15) is 0 Å². The highest BCUT2D eigenvalue weighted by molar-refractivity contribution is 7.30. The second kappa shape index (κ2) is 7.11. The van der Waals surface area contributed by atoms with E-state index < -0.39 is 0 Å². The standard InChI is InChI=1S/C11H16N2P2.C2H6/c1-8-3-2-4-10-9(5-6-13(14)15)7-12-11(8)10;1-2/h2-4,7,12H,5-6,14-15H2,1H3;1-2H3. The minimum Gasteiger partial charge on any atom is -0.361 e. The van der Waals surface area contributed by atoms with Crippen molar-refractivity contribution < 1.29 is 0 Å². The summed E-state index contributed by atoms with van der Waals surface area (Å²) in [5, 5.41) is 1.35. The molecule has 0 aliphatic carbocycles. The van der Waals surface area contributed by atoms with Crippen LogP contribution in [0.2, 0.25) is 0 Å². The van der Waals surface area contributed by atoms with Gasteiger partial charge < -0.3 is 4.98 Å². The van der Waals surface area contributed by atoms with Crippen molar-refractivity contribution in [3.63, 3.8) is 0 Å². The number of H-pyrrole nitrogens is 1. The highest BCUT2D eigenvalue weighted by Crippen LogP contribution is 2.22. The van der Waals surface area contributed by atoms with Gasteiger partial charge in [-0.3, -0.25) is 4.44 Å². The third-order valence-corrected chi connectivity index (χ3v) is 3.17. The molecule has 0 bridgehead atoms. The summed E-state index contributed by atoms with van der Waals surface area (Å²) in [6.07, 6.45) is 3.19. The van der Waals surface area contributed by atoms with Gasteiger partial charge in [-0.1, -0.05) is 50.8 Å². The Morgan fingerprint density at radius 3 is 2.59 bits per heavy atom. The predicted molar refractivity (Wildman–Crippen MR) is 84.2 cm³/mol. The van der Waals surface area contributed by atoms with Gasteiger partial charge in [0.25, 0.3) is 0 Å². The van der Waals surface area contributed by atoms with Gasteiger partial charge in [0, 0.05) is 23.6 Å². The number of hydrogen-bond donors (Lipinski definition) is 1. The first kappa shape index (κ1) is 14.6. The Hall–Kier alpha value is -0.420. The van der Waals surface area contributed by atoms with Crippen LogP contribution in [0.25, 0.3) is 10.9 Å². The number of aromatic nitrogens is 1. The van der Waals surface area contributed by atoms with E-state index in [1.165, 1.54) is 22.0 Å². The maximum atomic E-state index is 3.35. The largest absolute Gasteiger partial charge is 0.361 e. The third-order valence-electron chi connectivity index (χ3n) is 2.65. The molecule has 94 valence electrons. The fourth-order valence-corrected chi connectivity index (χ4v) is 2.08. The van der Waals surface area contributed by atoms with Crippen LogP contribution >= 0.6 is 18.8 Å². The van der Waals surface area contributed by atoms with Crippen molar-refractivity contribution in [3.8, 4) is 0 Å². The molecular weight excluding hydrogens is 246 g/mol. The molecule has 0 fully saturated rings. The fraction of sp³-hybridized carbons (Fsp3) is 0.385. The van der Waals surface area contributed by atoms with Crippen molar-refractivity contribution in [1.29, 1.82) is 0 Å². The molecule has 17 heavy (non-hydrogen) atoms. The van der Waals surface area contributed by atoms with Crippen LogP contribution in [-0.4, -0.2) is 16.0 Å². The van der Waals surface area contributed by atoms with Crippen molar-refractivity contribution in [2.45, 2.75) is 27.2 Å². The monoisotopic (exact) mass is 268 g/mol. The molecule has 0 aliphatic rings. The second-order valence-corrected chi connectivity index (χ2v) is 5.72. The summed E-state index contributed by atoms with van der Waals surface area (Å²) < 4.78 is 2.05. The lowest BCUT2D eigenvalue weighted by atomic mass is 10.1. The van der Waals surface area contributed by atoms with E-state index in [4.69, 9.17) is 0 Å². The molecule has 2 rings (SSSR count). The van der Waals surface area contributed by atoms with Crippen LogP contribution in [0.1, 0.15) is 25.0 Å². The molecule has 0 saturated heterocycles. The van der Waals surface area contributed by atoms with Crippen molar-refractivity contribution in [2.75, 3.05) is 6.54 Å². The van der Waals surface area contributed by atoms with E-state index in [0.29, 0.717) is 0 Å². The lowest BCUT2D eigenvalue weighted by Crippen LogP contribution is -2.01. The second-order valence-electron chi connectivity index (χ2n) is 3.80. The van der Waals surface area contributed by atoms with Crippen LogP contribution in [-0.2, 0) is 6.42 Å². The van der Waals surface area contributed by atoms with Crippen LogP contribution in [0.15, 0.2) is 24.4 Å². The Labute approximate surface area is 109 Å². The van der Waals surface area contributed by atoms with Crippen LogP contribution in [0.5, 0.6) is 0 Å². The summed E-state index contributed by atoms with van der Waals surface area (Å²) >= 11 is 0. The minimum absolute atomic E-state index is 1.02. The van der Waals surface area contributed by atoms with Crippen molar-refractivity contribution in [1.82, 2.24) is 9.42 Å². The zero-order valence-corrected chi connectivity index (χ0v) is 13.1. The summed E-state index contributed by atoms with van der Waals surface area (Å²) in [6, 6.07) is 6.44. The number of benzene rings is 1. The third kappa shape index (κ3) is 3.78. The first-order chi connectivity index (χ1) is 8.18. The summed E-state index contributed by atoms with van der Waals surface area (Å²) in [5.41, 5.74) is 3.97. The Bertz CT molecular complexity index is 463. The number of nitrogens with zero attached hydrogens (tertiary/aromatic N) is 1. The van der Waals surface area contributed by atoms with Crippen LogP contribution < -0.4 is 0 Å². The molecule has 1 aromatic heterocycles. The van der Waals surface area contributed by atoms with E-state index >= 15 is 0 Å². The molecule has 2 nitrogen and oxygen atoms in total. The number of rotatable bonds is 3. The summed E-state index contributed by atoms with van der Waals surface area (Å²) in [4.78, 5) is 3.35. The van der Waals surface area contributed by atoms with Crippen LogP contribution in [0, 0.1) is 6.92 Å². The topological polar surface area (TPSA) is 19.0 Å². The van der Waals surface area contributed by atoms with Gasteiger partial charge in [0.2, 0.25) is 0 Å². The number of para-hydroxylation sites is 1. The smallest absolute Gasteiger partial charge is 0.0486 e. The van der Waals surface area contributed by atoms with E-state index in [2.05, 4.69) is 59.5 Å². The molecular formula is C13H22N2P2. The van der Waals surface area contributed by atoms with Gasteiger partial charge >= 0.3 is 0 Å². The highest BCUT2D eigenvalue weighted by atomic mass is 31.1. The van der Waals surface area contributed by atoms with Gasteiger partial charge in [0.15, 0.2) is 0 Å². The number of fused-ring (bicyclic) bond motifs is 1. The molecule has 0 radical (unpaired) electrons. The van der Waals surface area contributed by atoms with E-state index in [0.717, 1.165) is 13.0 Å². The first-order valence-corrected chi connectivity index (χ1v) is 7.04. The van der Waals surface area contributed by atoms with Crippen LogP contribution in [0.4, 0.5) is 0 Å². The summed E-state index contributed by atoms with van der Waals surface area (Å²) in [5.74, 6) is 0. The molecule has 2 aromatic rings. The molecule has 1 N–H and O–H groups in total. The maximum Gasteiger partial charge on any atom is 0.0486 e. The van der Waals surface area contributed by atoms with E-state index in [1.807, 2.05) is 13.8 Å². The number of aryl methyl sites for hydroxylation is 1. The molecule has 2 unspecified atom stereocenters. The number of aromatic amines is 1. The van der Waals surface area contributed by atoms with Crippen molar-refractivity contribution >= 4 is 29.7 Å². The molecule has 0 amide bonds. The molecule has 0 saturated carbocycles.